The second-order valence-corrected chi connectivity index (χ2v) is 13.5. The molecule has 2 N–H and O–H groups in total. The molecule has 3 unspecified atom stereocenters. The highest BCUT2D eigenvalue weighted by Crippen LogP contribution is 2.55. The Balaban J connectivity index is 1.37. The van der Waals surface area contributed by atoms with Crippen molar-refractivity contribution in [2.75, 3.05) is 22.5 Å². The molecule has 6 rings (SSSR count). The summed E-state index contributed by atoms with van der Waals surface area (Å²) in [5, 5.41) is 9.99. The monoisotopic (exact) mass is 605 g/mol. The van der Waals surface area contributed by atoms with Crippen molar-refractivity contribution < 1.29 is 26.7 Å². The summed E-state index contributed by atoms with van der Waals surface area (Å²) in [6, 6.07) is 10.9. The summed E-state index contributed by atoms with van der Waals surface area (Å²) in [4.78, 5) is 15.8. The number of carbonyl (C=O) groups excluding carboxylic acids is 1. The molecule has 13 heteroatoms. The fourth-order valence-corrected chi connectivity index (χ4v) is 8.56. The number of rotatable bonds is 7. The number of sulfonamides is 1. The number of amides is 1. The predicted octanol–water partition coefficient (Wildman–Crippen LogP) is 5.38. The lowest BCUT2D eigenvalue weighted by molar-refractivity contribution is -0.0964. The number of aromatic amines is 1. The first-order chi connectivity index (χ1) is 19.4. The van der Waals surface area contributed by atoms with Crippen molar-refractivity contribution in [2.45, 2.75) is 62.7 Å². The number of ether oxygens (including phenoxy) is 1. The van der Waals surface area contributed by atoms with Gasteiger partial charge >= 0.3 is 5.57 Å². The van der Waals surface area contributed by atoms with Gasteiger partial charge in [0.05, 0.1) is 23.2 Å². The number of hydrogen-bond donors (Lipinski definition) is 2. The van der Waals surface area contributed by atoms with Crippen LogP contribution in [-0.2, 0) is 10.0 Å². The first-order valence-electron chi connectivity index (χ1n) is 13.6. The lowest BCUT2D eigenvalue weighted by Crippen LogP contribution is -2.51. The topological polar surface area (TPSA) is 108 Å². The third kappa shape index (κ3) is 5.17. The minimum absolute atomic E-state index is 0.0505. The molecule has 1 saturated carbocycles. The molecule has 1 aromatic heterocycles. The van der Waals surface area contributed by atoms with Crippen molar-refractivity contribution >= 4 is 38.9 Å². The van der Waals surface area contributed by atoms with E-state index in [-0.39, 0.29) is 41.5 Å². The van der Waals surface area contributed by atoms with Gasteiger partial charge in [0.25, 0.3) is 5.91 Å². The Labute approximate surface area is 241 Å². The molecule has 1 amide bonds. The molecular weight excluding hydrogens is 576 g/mol. The highest BCUT2D eigenvalue weighted by molar-refractivity contribution is 7.89. The molecule has 0 spiro atoms. The fraction of sp³-hybridized carbons (Fsp3) is 0.429. The maximum atomic E-state index is 13.5. The summed E-state index contributed by atoms with van der Waals surface area (Å²) in [5.41, 5.74) is 0.528. The zero-order valence-corrected chi connectivity index (χ0v) is 24.1. The first kappa shape index (κ1) is 27.9. The van der Waals surface area contributed by atoms with Crippen LogP contribution in [0, 0.1) is 0 Å². The number of H-pyrrole nitrogens is 1. The molecule has 3 aromatic rings. The highest BCUT2D eigenvalue weighted by atomic mass is 35.5. The van der Waals surface area contributed by atoms with Crippen molar-refractivity contribution in [3.63, 3.8) is 0 Å². The number of nitrogens with one attached hydrogen (secondary N) is 2. The third-order valence-electron chi connectivity index (χ3n) is 8.16. The molecule has 3 heterocycles. The average Bonchev–Trinajstić information content (AvgIpc) is 3.68. The minimum atomic E-state index is -3.84. The summed E-state index contributed by atoms with van der Waals surface area (Å²) in [7, 11) is -3.30. The van der Waals surface area contributed by atoms with Crippen LogP contribution in [-0.4, -0.2) is 64.8 Å². The maximum Gasteiger partial charge on any atom is 0.487 e. The lowest BCUT2D eigenvalue weighted by atomic mass is 9.92. The first-order valence-corrected chi connectivity index (χ1v) is 15.5. The van der Waals surface area contributed by atoms with Gasteiger partial charge < -0.3 is 15.0 Å². The largest absolute Gasteiger partial charge is 0.487 e. The Bertz CT molecular complexity index is 1560. The molecule has 0 bridgehead atoms. The van der Waals surface area contributed by atoms with Crippen molar-refractivity contribution in [3.8, 4) is 17.0 Å². The summed E-state index contributed by atoms with van der Waals surface area (Å²) in [6.45, 7) is 4.74. The van der Waals surface area contributed by atoms with Gasteiger partial charge in [-0.1, -0.05) is 0 Å². The van der Waals surface area contributed by atoms with Gasteiger partial charge in [-0.15, -0.1) is 8.78 Å². The number of anilines is 2. The van der Waals surface area contributed by atoms with Gasteiger partial charge in [0.1, 0.15) is 5.75 Å². The van der Waals surface area contributed by atoms with Crippen LogP contribution in [0.25, 0.3) is 11.3 Å². The Morgan fingerprint density at radius 1 is 1.20 bits per heavy atom. The molecule has 1 aliphatic carbocycles. The van der Waals surface area contributed by atoms with Gasteiger partial charge in [0.15, 0.2) is 0 Å². The van der Waals surface area contributed by atoms with Crippen LogP contribution in [0.4, 0.5) is 20.2 Å². The molecule has 2 fully saturated rings. The van der Waals surface area contributed by atoms with E-state index in [9.17, 15) is 22.0 Å². The second kappa shape index (κ2) is 10.2. The van der Waals surface area contributed by atoms with Gasteiger partial charge in [0.2, 0.25) is 10.0 Å². The van der Waals surface area contributed by atoms with Gasteiger partial charge in [0, 0.05) is 59.2 Å². The van der Waals surface area contributed by atoms with Crippen LogP contribution >= 0.6 is 11.6 Å². The van der Waals surface area contributed by atoms with E-state index < -0.39 is 15.6 Å². The third-order valence-corrected chi connectivity index (χ3v) is 10.2. The standard InChI is InChI=1S/C28H30ClF2N5O4S/c1-16(2)36-25-21(20-8-9-24(26(20)36)35-12-3-13-41(35,38)39)14-17(15-22(25)23-10-11-32-34-23)27(37)33-18-4-6-19(7-5-18)40-28(29,30)31/h4-7,10-11,14-16,20,24,26H,3,8-9,12-13H2,1-2H3,(H,32,34)(H,33,37). The molecule has 218 valence electrons. The number of aromatic nitrogens is 2. The smallest absolute Gasteiger partial charge is 0.420 e. The molecule has 9 nitrogen and oxygen atoms in total. The molecular formula is C28H30ClF2N5O4S. The van der Waals surface area contributed by atoms with E-state index in [0.717, 1.165) is 35.3 Å². The van der Waals surface area contributed by atoms with Gasteiger partial charge in [-0.3, -0.25) is 9.89 Å². The van der Waals surface area contributed by atoms with Gasteiger partial charge in [-0.2, -0.15) is 9.40 Å². The Hall–Kier alpha value is -3.22. The van der Waals surface area contributed by atoms with E-state index in [1.165, 1.54) is 24.3 Å². The predicted molar refractivity (Wildman–Crippen MR) is 152 cm³/mol. The summed E-state index contributed by atoms with van der Waals surface area (Å²) >= 11 is 4.84. The SMILES string of the molecule is CC(C)N1c2c(-c3ccn[nH]3)cc(C(=O)Nc3ccc(OC(F)(F)Cl)cc3)cc2C2CCC(N3CCCS3(=O)=O)C21. The number of halogens is 3. The van der Waals surface area contributed by atoms with Crippen molar-refractivity contribution in [1.82, 2.24) is 14.5 Å². The van der Waals surface area contributed by atoms with E-state index in [1.807, 2.05) is 18.2 Å². The van der Waals surface area contributed by atoms with Crippen molar-refractivity contribution in [3.05, 3.63) is 59.8 Å². The van der Waals surface area contributed by atoms with Gasteiger partial charge in [-0.05, 0) is 81.1 Å². The second-order valence-electron chi connectivity index (χ2n) is 11.0. The number of nitrogens with zero attached hydrogens (tertiary/aromatic N) is 3. The Morgan fingerprint density at radius 3 is 2.56 bits per heavy atom. The fourth-order valence-electron chi connectivity index (χ4n) is 6.69. The summed E-state index contributed by atoms with van der Waals surface area (Å²) in [6.07, 6.45) is 3.84. The van der Waals surface area contributed by atoms with Gasteiger partial charge in [-0.25, -0.2) is 8.42 Å². The number of carbonyl (C=O) groups is 1. The van der Waals surface area contributed by atoms with E-state index >= 15 is 0 Å². The van der Waals surface area contributed by atoms with E-state index in [1.54, 1.807) is 10.5 Å². The maximum absolute atomic E-state index is 13.5. The zero-order valence-electron chi connectivity index (χ0n) is 22.5. The van der Waals surface area contributed by atoms with Crippen LogP contribution in [0.15, 0.2) is 48.7 Å². The average molecular weight is 606 g/mol. The Kier molecular flexibility index (Phi) is 6.98. The number of benzene rings is 2. The highest BCUT2D eigenvalue weighted by Gasteiger charge is 2.53. The summed E-state index contributed by atoms with van der Waals surface area (Å²) < 4.78 is 57.8. The number of hydrogen-bond acceptors (Lipinski definition) is 6. The van der Waals surface area contributed by atoms with E-state index in [2.05, 4.69) is 39.0 Å². The van der Waals surface area contributed by atoms with E-state index in [4.69, 9.17) is 11.6 Å². The lowest BCUT2D eigenvalue weighted by Gasteiger charge is -2.38. The van der Waals surface area contributed by atoms with Crippen LogP contribution in [0.2, 0.25) is 0 Å². The van der Waals surface area contributed by atoms with Crippen molar-refractivity contribution in [1.29, 1.82) is 0 Å². The van der Waals surface area contributed by atoms with Crippen LogP contribution in [0.5, 0.6) is 5.75 Å². The molecule has 1 saturated heterocycles. The minimum Gasteiger partial charge on any atom is -0.420 e. The molecule has 0 radical (unpaired) electrons. The summed E-state index contributed by atoms with van der Waals surface area (Å²) in [5.74, 6) is -0.282. The number of fused-ring (bicyclic) bond motifs is 3. The Morgan fingerprint density at radius 2 is 1.95 bits per heavy atom. The van der Waals surface area contributed by atoms with E-state index in [0.29, 0.717) is 24.2 Å². The van der Waals surface area contributed by atoms with Crippen LogP contribution in [0.1, 0.15) is 54.9 Å². The normalized spacial score (nSPS) is 23.6. The molecule has 2 aliphatic heterocycles. The molecule has 2 aromatic carbocycles. The van der Waals surface area contributed by atoms with Crippen molar-refractivity contribution in [2.24, 2.45) is 0 Å². The van der Waals surface area contributed by atoms with Crippen LogP contribution < -0.4 is 15.0 Å². The zero-order chi connectivity index (χ0) is 29.1. The molecule has 41 heavy (non-hydrogen) atoms. The van der Waals surface area contributed by atoms with Crippen LogP contribution in [0.3, 0.4) is 0 Å². The quantitative estimate of drug-likeness (QED) is 0.351. The number of alkyl halides is 3. The molecule has 3 aliphatic rings. The molecule has 3 atom stereocenters.